The molecule has 4 nitrogen and oxygen atoms in total. The molecule has 1 amide bonds. The summed E-state index contributed by atoms with van der Waals surface area (Å²) < 4.78 is 0. The fraction of sp³-hybridized carbons (Fsp3) is 0.310. The lowest BCUT2D eigenvalue weighted by molar-refractivity contribution is -0.110. The van der Waals surface area contributed by atoms with Crippen LogP contribution in [-0.2, 0) is 4.79 Å². The number of amides is 1. The van der Waals surface area contributed by atoms with E-state index in [0.29, 0.717) is 12.1 Å². The van der Waals surface area contributed by atoms with Gasteiger partial charge in [-0.3, -0.25) is 9.59 Å². The van der Waals surface area contributed by atoms with E-state index in [4.69, 9.17) is 23.2 Å². The Morgan fingerprint density at radius 2 is 1.60 bits per heavy atom. The highest BCUT2D eigenvalue weighted by molar-refractivity contribution is 6.45. The van der Waals surface area contributed by atoms with Gasteiger partial charge in [0, 0.05) is 12.1 Å². The molecule has 0 aliphatic heterocycles. The number of carbonyl (C=O) groups is 2. The van der Waals surface area contributed by atoms with E-state index in [9.17, 15) is 14.7 Å². The van der Waals surface area contributed by atoms with E-state index in [1.54, 1.807) is 30.3 Å². The van der Waals surface area contributed by atoms with E-state index < -0.39 is 0 Å². The van der Waals surface area contributed by atoms with Crippen LogP contribution in [0.1, 0.15) is 73.0 Å². The Hall–Kier alpha value is -2.82. The fourth-order valence-electron chi connectivity index (χ4n) is 4.14. The zero-order chi connectivity index (χ0) is 25.5. The summed E-state index contributed by atoms with van der Waals surface area (Å²) in [5, 5.41) is 13.4. The van der Waals surface area contributed by atoms with Crippen molar-refractivity contribution in [2.45, 2.75) is 52.9 Å². The van der Waals surface area contributed by atoms with Gasteiger partial charge in [0.05, 0.1) is 10.1 Å². The predicted molar refractivity (Wildman–Crippen MR) is 144 cm³/mol. The Kier molecular flexibility index (Phi) is 9.36. The molecule has 0 heterocycles. The van der Waals surface area contributed by atoms with Gasteiger partial charge in [-0.1, -0.05) is 67.9 Å². The normalized spacial score (nSPS) is 14.9. The van der Waals surface area contributed by atoms with Gasteiger partial charge >= 0.3 is 0 Å². The molecule has 0 saturated carbocycles. The largest absolute Gasteiger partial charge is 0.506 e. The molecule has 2 aromatic carbocycles. The van der Waals surface area contributed by atoms with E-state index >= 15 is 0 Å². The van der Waals surface area contributed by atoms with Crippen LogP contribution in [-0.4, -0.2) is 23.3 Å². The lowest BCUT2D eigenvalue weighted by Crippen LogP contribution is -2.24. The van der Waals surface area contributed by atoms with Crippen molar-refractivity contribution in [1.29, 1.82) is 0 Å². The maximum atomic E-state index is 12.6. The summed E-state index contributed by atoms with van der Waals surface area (Å²) >= 11 is 12.5. The number of halogens is 2. The van der Waals surface area contributed by atoms with Gasteiger partial charge in [0.25, 0.3) is 5.91 Å². The van der Waals surface area contributed by atoms with Crippen LogP contribution >= 0.6 is 23.2 Å². The van der Waals surface area contributed by atoms with Gasteiger partial charge < -0.3 is 10.4 Å². The van der Waals surface area contributed by atoms with Crippen molar-refractivity contribution in [3.63, 3.8) is 0 Å². The Labute approximate surface area is 217 Å². The molecule has 1 aliphatic carbocycles. The highest BCUT2D eigenvalue weighted by Crippen LogP contribution is 2.39. The molecule has 0 unspecified atom stereocenters. The Bertz CT molecular complexity index is 1210. The summed E-state index contributed by atoms with van der Waals surface area (Å²) in [7, 11) is 0. The molecular formula is C29H31Cl2NO3. The van der Waals surface area contributed by atoms with Crippen LogP contribution in [0.4, 0.5) is 0 Å². The minimum atomic E-state index is -0.241. The summed E-state index contributed by atoms with van der Waals surface area (Å²) in [5.41, 5.74) is 5.39. The van der Waals surface area contributed by atoms with E-state index in [2.05, 4.69) is 12.2 Å². The molecule has 184 valence electrons. The maximum absolute atomic E-state index is 12.6. The zero-order valence-corrected chi connectivity index (χ0v) is 21.9. The Balaban J connectivity index is 1.95. The first-order chi connectivity index (χ1) is 16.7. The van der Waals surface area contributed by atoms with E-state index in [-0.39, 0.29) is 27.5 Å². The van der Waals surface area contributed by atoms with Gasteiger partial charge in [0.1, 0.15) is 5.75 Å². The molecular weight excluding hydrogens is 481 g/mol. The first kappa shape index (κ1) is 26.8. The number of unbranched alkanes of at least 4 members (excludes halogenated alkanes) is 4. The highest BCUT2D eigenvalue weighted by atomic mass is 35.5. The number of hydrogen-bond acceptors (Lipinski definition) is 3. The van der Waals surface area contributed by atoms with Crippen LogP contribution in [0.3, 0.4) is 0 Å². The van der Waals surface area contributed by atoms with E-state index in [1.165, 1.54) is 25.3 Å². The fourth-order valence-corrected chi connectivity index (χ4v) is 4.46. The summed E-state index contributed by atoms with van der Waals surface area (Å²) in [6, 6.07) is 10.7. The molecule has 0 spiro atoms. The lowest BCUT2D eigenvalue weighted by Gasteiger charge is -2.20. The van der Waals surface area contributed by atoms with Crippen molar-refractivity contribution < 1.29 is 14.7 Å². The first-order valence-corrected chi connectivity index (χ1v) is 12.7. The monoisotopic (exact) mass is 511 g/mol. The third kappa shape index (κ3) is 6.65. The molecule has 0 fully saturated rings. The quantitative estimate of drug-likeness (QED) is 0.342. The molecule has 3 rings (SSSR count). The molecule has 0 bridgehead atoms. The standard InChI is InChI=1S/C29H31Cl2NO3/c1-4-5-6-7-8-13-32-29(35)21-11-9-20(10-12-21)28(22-16-24(30)26(33)14-18(22)2)23-17-25(31)27(34)15-19(23)3/h9-12,14-17,33H,4-8,13H2,1-3H3,(H,32,35)/b28-23-. The number of hydrogen-bond donors (Lipinski definition) is 2. The summed E-state index contributed by atoms with van der Waals surface area (Å²) in [5.74, 6) is -0.347. The van der Waals surface area contributed by atoms with Gasteiger partial charge in [-0.25, -0.2) is 0 Å². The number of phenols is 1. The topological polar surface area (TPSA) is 66.4 Å². The van der Waals surface area contributed by atoms with E-state index in [1.807, 2.05) is 26.0 Å². The summed E-state index contributed by atoms with van der Waals surface area (Å²) in [6.07, 6.45) is 8.87. The SMILES string of the molecule is CCCCCCCNC(=O)c1ccc(/C(=C2\C=C(Cl)C(=O)C=C2C)c2cc(Cl)c(O)cc2C)cc1. The van der Waals surface area contributed by atoms with Gasteiger partial charge in [-0.15, -0.1) is 0 Å². The second-order valence-corrected chi connectivity index (χ2v) is 9.65. The number of rotatable bonds is 9. The number of benzene rings is 2. The van der Waals surface area contributed by atoms with Crippen LogP contribution in [0.25, 0.3) is 5.57 Å². The molecule has 2 aromatic rings. The molecule has 0 saturated heterocycles. The van der Waals surface area contributed by atoms with Crippen LogP contribution in [0.15, 0.2) is 64.7 Å². The van der Waals surface area contributed by atoms with Crippen molar-refractivity contribution in [3.8, 4) is 5.75 Å². The number of phenolic OH excluding ortho intramolecular Hbond substituents is 1. The third-order valence-corrected chi connectivity index (χ3v) is 6.71. The van der Waals surface area contributed by atoms with Crippen LogP contribution < -0.4 is 5.32 Å². The number of allylic oxidation sites excluding steroid dienone is 5. The molecule has 0 radical (unpaired) electrons. The van der Waals surface area contributed by atoms with E-state index in [0.717, 1.165) is 46.3 Å². The number of nitrogens with one attached hydrogen (secondary N) is 1. The van der Waals surface area contributed by atoms with Gasteiger partial charge in [0.2, 0.25) is 0 Å². The van der Waals surface area contributed by atoms with Crippen molar-refractivity contribution >= 4 is 40.5 Å². The average molecular weight is 512 g/mol. The lowest BCUT2D eigenvalue weighted by atomic mass is 9.85. The van der Waals surface area contributed by atoms with Crippen molar-refractivity contribution in [1.82, 2.24) is 5.32 Å². The minimum absolute atomic E-state index is 0.00126. The zero-order valence-electron chi connectivity index (χ0n) is 20.4. The van der Waals surface area contributed by atoms with Crippen LogP contribution in [0.5, 0.6) is 5.75 Å². The second-order valence-electron chi connectivity index (χ2n) is 8.84. The number of aromatic hydroxyl groups is 1. The van der Waals surface area contributed by atoms with Gasteiger partial charge in [-0.2, -0.15) is 0 Å². The van der Waals surface area contributed by atoms with Gasteiger partial charge in [-0.05, 0) is 90.1 Å². The minimum Gasteiger partial charge on any atom is -0.506 e. The molecule has 35 heavy (non-hydrogen) atoms. The third-order valence-electron chi connectivity index (χ3n) is 6.11. The number of aryl methyl sites for hydroxylation is 1. The molecule has 0 atom stereocenters. The smallest absolute Gasteiger partial charge is 0.251 e. The Morgan fingerprint density at radius 1 is 0.943 bits per heavy atom. The molecule has 2 N–H and O–H groups in total. The predicted octanol–water partition coefficient (Wildman–Crippen LogP) is 7.51. The molecule has 0 aromatic heterocycles. The Morgan fingerprint density at radius 3 is 2.29 bits per heavy atom. The van der Waals surface area contributed by atoms with Crippen LogP contribution in [0.2, 0.25) is 5.02 Å². The average Bonchev–Trinajstić information content (AvgIpc) is 2.83. The van der Waals surface area contributed by atoms with Gasteiger partial charge in [0.15, 0.2) is 5.78 Å². The van der Waals surface area contributed by atoms with Crippen LogP contribution in [0, 0.1) is 6.92 Å². The first-order valence-electron chi connectivity index (χ1n) is 12.0. The van der Waals surface area contributed by atoms with Crippen molar-refractivity contribution in [2.24, 2.45) is 0 Å². The van der Waals surface area contributed by atoms with Crippen molar-refractivity contribution in [3.05, 3.63) is 92.0 Å². The number of carbonyl (C=O) groups excluding carboxylic acids is 2. The molecule has 1 aliphatic rings. The maximum Gasteiger partial charge on any atom is 0.251 e. The second kappa shape index (κ2) is 12.2. The highest BCUT2D eigenvalue weighted by Gasteiger charge is 2.21. The van der Waals surface area contributed by atoms with Crippen molar-refractivity contribution in [2.75, 3.05) is 6.54 Å². The summed E-state index contributed by atoms with van der Waals surface area (Å²) in [6.45, 7) is 6.58. The summed E-state index contributed by atoms with van der Waals surface area (Å²) in [4.78, 5) is 24.7. The number of ketones is 1. The molecule has 6 heteroatoms.